The molecule has 2 heteroatoms. The van der Waals surface area contributed by atoms with Crippen molar-refractivity contribution in [3.8, 4) is 0 Å². The van der Waals surface area contributed by atoms with Gasteiger partial charge >= 0.3 is 0 Å². The van der Waals surface area contributed by atoms with Gasteiger partial charge in [0.1, 0.15) is 6.10 Å². The molecule has 0 aromatic rings. The summed E-state index contributed by atoms with van der Waals surface area (Å²) in [5.41, 5.74) is 2.80. The second-order valence-electron chi connectivity index (χ2n) is 7.79. The Morgan fingerprint density at radius 2 is 2.08 bits per heavy atom. The number of hydrogen-bond donors (Lipinski definition) is 0. The minimum atomic E-state index is -0.272. The third-order valence-electron chi connectivity index (χ3n) is 6.19. The lowest BCUT2D eigenvalue weighted by atomic mass is 9.70. The van der Waals surface area contributed by atoms with Crippen LogP contribution in [0.15, 0.2) is 35.5 Å². The predicted octanol–water partition coefficient (Wildman–Crippen LogP) is 5.40. The summed E-state index contributed by atoms with van der Waals surface area (Å²) in [7, 11) is 0. The van der Waals surface area contributed by atoms with Gasteiger partial charge in [0.15, 0.2) is 5.78 Å². The Hall–Kier alpha value is -1.15. The zero-order chi connectivity index (χ0) is 17.1. The van der Waals surface area contributed by atoms with E-state index >= 15 is 0 Å². The molecule has 1 fully saturated rings. The molecule has 1 heterocycles. The highest BCUT2D eigenvalue weighted by Crippen LogP contribution is 2.47. The summed E-state index contributed by atoms with van der Waals surface area (Å²) < 4.78 is 6.47. The van der Waals surface area contributed by atoms with Crippen LogP contribution in [0.25, 0.3) is 0 Å². The maximum Gasteiger partial charge on any atom is 0.159 e. The molecule has 5 atom stereocenters. The van der Waals surface area contributed by atoms with Crippen molar-refractivity contribution in [2.75, 3.05) is 0 Å². The Bertz CT molecular complexity index is 554. The van der Waals surface area contributed by atoms with Gasteiger partial charge in [-0.05, 0) is 62.5 Å². The van der Waals surface area contributed by atoms with Crippen molar-refractivity contribution in [1.29, 1.82) is 0 Å². The molecule has 0 bridgehead atoms. The van der Waals surface area contributed by atoms with E-state index in [1.165, 1.54) is 30.4 Å². The van der Waals surface area contributed by atoms with Crippen molar-refractivity contribution in [3.63, 3.8) is 0 Å². The highest BCUT2D eigenvalue weighted by atomic mass is 16.5. The fourth-order valence-electron chi connectivity index (χ4n) is 4.73. The third-order valence-corrected chi connectivity index (χ3v) is 6.19. The number of hydrogen-bond acceptors (Lipinski definition) is 2. The molecule has 3 aliphatic rings. The Morgan fingerprint density at radius 3 is 2.67 bits per heavy atom. The van der Waals surface area contributed by atoms with Gasteiger partial charge in [-0.25, -0.2) is 0 Å². The first-order chi connectivity index (χ1) is 11.6. The molecule has 0 spiro atoms. The molecule has 1 aliphatic heterocycles. The molecule has 0 aromatic heterocycles. The van der Waals surface area contributed by atoms with E-state index in [0.717, 1.165) is 25.7 Å². The van der Waals surface area contributed by atoms with Crippen LogP contribution in [-0.4, -0.2) is 18.0 Å². The van der Waals surface area contributed by atoms with Gasteiger partial charge in [0, 0.05) is 11.8 Å². The molecular weight excluding hydrogens is 296 g/mol. The van der Waals surface area contributed by atoms with Crippen molar-refractivity contribution < 1.29 is 9.53 Å². The minimum Gasteiger partial charge on any atom is -0.362 e. The molecule has 3 rings (SSSR count). The Balaban J connectivity index is 1.98. The summed E-state index contributed by atoms with van der Waals surface area (Å²) in [5, 5.41) is 0. The highest BCUT2D eigenvalue weighted by Gasteiger charge is 2.50. The molecule has 1 unspecified atom stereocenters. The maximum atomic E-state index is 12.4. The molecule has 2 aliphatic carbocycles. The Morgan fingerprint density at radius 1 is 1.25 bits per heavy atom. The van der Waals surface area contributed by atoms with E-state index in [4.69, 9.17) is 4.74 Å². The topological polar surface area (TPSA) is 26.3 Å². The van der Waals surface area contributed by atoms with E-state index in [2.05, 4.69) is 38.2 Å². The van der Waals surface area contributed by atoms with Crippen molar-refractivity contribution in [3.05, 3.63) is 35.5 Å². The predicted molar refractivity (Wildman–Crippen MR) is 98.8 cm³/mol. The number of Topliss-reactive ketones (excluding diaryl/α,β-unsaturated/α-hetero) is 1. The molecule has 0 radical (unpaired) electrons. The molecule has 0 aromatic carbocycles. The van der Waals surface area contributed by atoms with Crippen LogP contribution in [-0.2, 0) is 9.53 Å². The number of ketones is 1. The smallest absolute Gasteiger partial charge is 0.159 e. The lowest BCUT2D eigenvalue weighted by molar-refractivity contribution is -0.128. The van der Waals surface area contributed by atoms with E-state index in [1.54, 1.807) is 6.92 Å². The van der Waals surface area contributed by atoms with Gasteiger partial charge in [-0.1, -0.05) is 44.6 Å². The summed E-state index contributed by atoms with van der Waals surface area (Å²) in [4.78, 5) is 12.4. The van der Waals surface area contributed by atoms with Gasteiger partial charge in [-0.2, -0.15) is 0 Å². The highest BCUT2D eigenvalue weighted by molar-refractivity contribution is 5.82. The van der Waals surface area contributed by atoms with E-state index in [0.29, 0.717) is 11.8 Å². The summed E-state index contributed by atoms with van der Waals surface area (Å²) in [6.45, 7) is 6.31. The summed E-state index contributed by atoms with van der Waals surface area (Å²) in [6, 6.07) is 0. The molecular formula is C22H32O2. The maximum absolute atomic E-state index is 12.4. The number of rotatable bonds is 5. The first kappa shape index (κ1) is 17.7. The number of ether oxygens (including phenoxy) is 1. The van der Waals surface area contributed by atoms with E-state index < -0.39 is 0 Å². The molecule has 1 saturated heterocycles. The standard InChI is InChI=1S/C22H32O2/c1-4-15(2)19-20(17-11-7-5-8-12-17)21(16(3)23)24-22(19)18-13-9-6-10-14-18/h7,11-13,15,19-22H,4-6,8-10,14H2,1-3H3/t15-,19+,20?,21+,22+/m0/s1. The second-order valence-corrected chi connectivity index (χ2v) is 7.79. The van der Waals surface area contributed by atoms with Crippen LogP contribution in [0.2, 0.25) is 0 Å². The monoisotopic (exact) mass is 328 g/mol. The fourth-order valence-corrected chi connectivity index (χ4v) is 4.73. The number of carbonyl (C=O) groups is 1. The molecule has 0 amide bonds. The molecule has 0 saturated carbocycles. The largest absolute Gasteiger partial charge is 0.362 e. The van der Waals surface area contributed by atoms with Crippen LogP contribution in [0.4, 0.5) is 0 Å². The van der Waals surface area contributed by atoms with Crippen molar-refractivity contribution >= 4 is 5.78 Å². The first-order valence-electron chi connectivity index (χ1n) is 9.85. The van der Waals surface area contributed by atoms with Crippen LogP contribution in [0.3, 0.4) is 0 Å². The van der Waals surface area contributed by atoms with Gasteiger partial charge in [-0.3, -0.25) is 4.79 Å². The van der Waals surface area contributed by atoms with Gasteiger partial charge < -0.3 is 4.74 Å². The zero-order valence-electron chi connectivity index (χ0n) is 15.5. The van der Waals surface area contributed by atoms with E-state index in [1.807, 2.05) is 0 Å². The second kappa shape index (κ2) is 7.82. The molecule has 132 valence electrons. The summed E-state index contributed by atoms with van der Waals surface area (Å²) in [5.74, 6) is 1.39. The number of carbonyl (C=O) groups excluding carboxylic acids is 1. The lowest BCUT2D eigenvalue weighted by Crippen LogP contribution is -2.32. The lowest BCUT2D eigenvalue weighted by Gasteiger charge is -2.32. The minimum absolute atomic E-state index is 0.135. The SMILES string of the molecule is CC[C@H](C)[C@@H]1C(C2=CCCC=C2)[C@@H](C(C)=O)O[C@@H]1C1=CCCCC1. The van der Waals surface area contributed by atoms with Crippen LogP contribution in [0.1, 0.15) is 65.7 Å². The summed E-state index contributed by atoms with van der Waals surface area (Å²) >= 11 is 0. The van der Waals surface area contributed by atoms with Gasteiger partial charge in [0.25, 0.3) is 0 Å². The normalized spacial score (nSPS) is 34.6. The zero-order valence-corrected chi connectivity index (χ0v) is 15.5. The quantitative estimate of drug-likeness (QED) is 0.632. The van der Waals surface area contributed by atoms with E-state index in [-0.39, 0.29) is 23.9 Å². The average molecular weight is 328 g/mol. The molecule has 2 nitrogen and oxygen atoms in total. The van der Waals surface area contributed by atoms with Gasteiger partial charge in [0.2, 0.25) is 0 Å². The first-order valence-corrected chi connectivity index (χ1v) is 9.85. The molecule has 0 N–H and O–H groups in total. The summed E-state index contributed by atoms with van der Waals surface area (Å²) in [6.07, 6.45) is 17.3. The van der Waals surface area contributed by atoms with Gasteiger partial charge in [-0.15, -0.1) is 0 Å². The van der Waals surface area contributed by atoms with Crippen molar-refractivity contribution in [2.24, 2.45) is 17.8 Å². The Labute approximate surface area is 147 Å². The van der Waals surface area contributed by atoms with Crippen molar-refractivity contribution in [2.45, 2.75) is 77.9 Å². The number of allylic oxidation sites excluding steroid dienone is 4. The van der Waals surface area contributed by atoms with Gasteiger partial charge in [0.05, 0.1) is 6.10 Å². The molecule has 24 heavy (non-hydrogen) atoms. The van der Waals surface area contributed by atoms with Crippen LogP contribution < -0.4 is 0 Å². The fraction of sp³-hybridized carbons (Fsp3) is 0.682. The van der Waals surface area contributed by atoms with Crippen LogP contribution in [0.5, 0.6) is 0 Å². The van der Waals surface area contributed by atoms with Crippen LogP contribution in [0, 0.1) is 17.8 Å². The van der Waals surface area contributed by atoms with Crippen molar-refractivity contribution in [1.82, 2.24) is 0 Å². The van der Waals surface area contributed by atoms with Crippen LogP contribution >= 0.6 is 0 Å². The average Bonchev–Trinajstić information content (AvgIpc) is 3.03. The van der Waals surface area contributed by atoms with E-state index in [9.17, 15) is 4.79 Å². The third kappa shape index (κ3) is 3.44. The Kier molecular flexibility index (Phi) is 5.76.